The zero-order chi connectivity index (χ0) is 13.1. The number of hydrogen-bond acceptors (Lipinski definition) is 2. The summed E-state index contributed by atoms with van der Waals surface area (Å²) in [6, 6.07) is 4.61. The topological polar surface area (TPSA) is 26.3 Å². The number of ether oxygens (including phenoxy) is 1. The molecule has 1 aromatic rings. The van der Waals surface area contributed by atoms with Crippen molar-refractivity contribution in [1.82, 2.24) is 0 Å². The van der Waals surface area contributed by atoms with Crippen LogP contribution in [0.1, 0.15) is 12.5 Å². The highest BCUT2D eigenvalue weighted by molar-refractivity contribution is 7.84. The number of hydrogen-bond donors (Lipinski definition) is 0. The van der Waals surface area contributed by atoms with Crippen LogP contribution >= 0.6 is 0 Å². The summed E-state index contributed by atoms with van der Waals surface area (Å²) < 4.78 is 51.9. The molecule has 0 bridgehead atoms. The normalized spacial score (nSPS) is 13.5. The molecule has 96 valence electrons. The first kappa shape index (κ1) is 14.0. The molecule has 0 N–H and O–H groups in total. The third-order valence-corrected chi connectivity index (χ3v) is 2.98. The van der Waals surface area contributed by atoms with Crippen LogP contribution in [-0.2, 0) is 17.2 Å². The second-order valence-electron chi connectivity index (χ2n) is 3.52. The van der Waals surface area contributed by atoms with Crippen LogP contribution in [0, 0.1) is 0 Å². The summed E-state index contributed by atoms with van der Waals surface area (Å²) >= 11 is 0. The fraction of sp³-hybridized carbons (Fsp3) is 0.455. The van der Waals surface area contributed by atoms with Crippen molar-refractivity contribution in [2.75, 3.05) is 12.9 Å². The quantitative estimate of drug-likeness (QED) is 0.837. The van der Waals surface area contributed by atoms with Gasteiger partial charge in [-0.2, -0.15) is 13.2 Å². The molecule has 0 saturated carbocycles. The molecule has 1 atom stereocenters. The van der Waals surface area contributed by atoms with Crippen molar-refractivity contribution in [1.29, 1.82) is 0 Å². The Morgan fingerprint density at radius 2 is 1.94 bits per heavy atom. The molecule has 0 amide bonds. The predicted octanol–water partition coefficient (Wildman–Crippen LogP) is 2.93. The highest BCUT2D eigenvalue weighted by atomic mass is 32.2. The lowest BCUT2D eigenvalue weighted by atomic mass is 10.2. The van der Waals surface area contributed by atoms with Gasteiger partial charge in [-0.1, -0.05) is 6.92 Å². The van der Waals surface area contributed by atoms with E-state index in [0.717, 1.165) is 5.56 Å². The molecule has 0 aromatic heterocycles. The van der Waals surface area contributed by atoms with Gasteiger partial charge in [0.15, 0.2) is 6.61 Å². The first-order valence-corrected chi connectivity index (χ1v) is 6.54. The van der Waals surface area contributed by atoms with E-state index in [1.165, 1.54) is 18.4 Å². The Morgan fingerprint density at radius 3 is 2.41 bits per heavy atom. The van der Waals surface area contributed by atoms with Crippen molar-refractivity contribution < 1.29 is 22.1 Å². The fourth-order valence-electron chi connectivity index (χ4n) is 1.25. The van der Waals surface area contributed by atoms with Crippen molar-refractivity contribution in [3.05, 3.63) is 23.8 Å². The zero-order valence-corrected chi connectivity index (χ0v) is 10.3. The lowest BCUT2D eigenvalue weighted by Gasteiger charge is -2.11. The molecule has 0 heterocycles. The molecule has 0 fully saturated rings. The molecular weight excluding hydrogens is 253 g/mol. The minimum Gasteiger partial charge on any atom is -0.484 e. The van der Waals surface area contributed by atoms with Crippen molar-refractivity contribution in [2.45, 2.75) is 24.4 Å². The van der Waals surface area contributed by atoms with Crippen LogP contribution in [0.2, 0.25) is 0 Å². The maximum absolute atomic E-state index is 12.0. The van der Waals surface area contributed by atoms with Gasteiger partial charge in [0.05, 0.1) is 0 Å². The number of halogens is 3. The van der Waals surface area contributed by atoms with Crippen LogP contribution in [0.3, 0.4) is 0 Å². The average molecular weight is 266 g/mol. The Morgan fingerprint density at radius 1 is 1.29 bits per heavy atom. The van der Waals surface area contributed by atoms with Crippen molar-refractivity contribution >= 4 is 10.8 Å². The van der Waals surface area contributed by atoms with Gasteiger partial charge in [0.1, 0.15) is 5.75 Å². The highest BCUT2D eigenvalue weighted by Gasteiger charge is 2.28. The molecule has 1 rings (SSSR count). The van der Waals surface area contributed by atoms with Crippen LogP contribution in [0.5, 0.6) is 5.75 Å². The smallest absolute Gasteiger partial charge is 0.422 e. The molecule has 0 spiro atoms. The van der Waals surface area contributed by atoms with Gasteiger partial charge < -0.3 is 4.74 Å². The van der Waals surface area contributed by atoms with E-state index in [-0.39, 0.29) is 5.75 Å². The molecule has 0 aliphatic carbocycles. The van der Waals surface area contributed by atoms with Gasteiger partial charge in [-0.15, -0.1) is 0 Å². The van der Waals surface area contributed by atoms with Crippen LogP contribution < -0.4 is 4.74 Å². The summed E-state index contributed by atoms with van der Waals surface area (Å²) in [6.45, 7) is 0.529. The third kappa shape index (κ3) is 4.77. The van der Waals surface area contributed by atoms with Gasteiger partial charge in [0, 0.05) is 22.0 Å². The van der Waals surface area contributed by atoms with E-state index < -0.39 is 23.6 Å². The van der Waals surface area contributed by atoms with Crippen LogP contribution in [0.15, 0.2) is 23.1 Å². The van der Waals surface area contributed by atoms with Crippen LogP contribution in [0.25, 0.3) is 0 Å². The summed E-state index contributed by atoms with van der Waals surface area (Å²) in [7, 11) is -1.24. The molecule has 1 aromatic carbocycles. The van der Waals surface area contributed by atoms with Crippen molar-refractivity contribution in [2.24, 2.45) is 0 Å². The Bertz CT molecular complexity index is 416. The first-order valence-electron chi connectivity index (χ1n) is 4.99. The Hall–Kier alpha value is -1.04. The van der Waals surface area contributed by atoms with E-state index in [1.54, 1.807) is 6.07 Å². The molecule has 1 unspecified atom stereocenters. The minimum absolute atomic E-state index is 0.104. The summed E-state index contributed by atoms with van der Waals surface area (Å²) in [5.41, 5.74) is 0.801. The second kappa shape index (κ2) is 5.53. The van der Waals surface area contributed by atoms with Gasteiger partial charge >= 0.3 is 6.18 Å². The lowest BCUT2D eigenvalue weighted by Crippen LogP contribution is -2.19. The number of rotatable bonds is 4. The second-order valence-corrected chi connectivity index (χ2v) is 4.90. The summed E-state index contributed by atoms with van der Waals surface area (Å²) in [6.07, 6.45) is -2.25. The first-order chi connectivity index (χ1) is 7.81. The van der Waals surface area contributed by atoms with E-state index in [9.17, 15) is 17.4 Å². The predicted molar refractivity (Wildman–Crippen MR) is 59.7 cm³/mol. The SMILES string of the molecule is CCc1cc(OCC(F)(F)F)cc(S(C)=O)c1. The number of aryl methyl sites for hydroxylation is 1. The van der Waals surface area contributed by atoms with E-state index in [4.69, 9.17) is 0 Å². The largest absolute Gasteiger partial charge is 0.484 e. The van der Waals surface area contributed by atoms with Crippen LogP contribution in [-0.4, -0.2) is 23.2 Å². The Labute approximate surface area is 100 Å². The van der Waals surface area contributed by atoms with Gasteiger partial charge in [-0.3, -0.25) is 4.21 Å². The highest BCUT2D eigenvalue weighted by Crippen LogP contribution is 2.22. The molecule has 17 heavy (non-hydrogen) atoms. The van der Waals surface area contributed by atoms with E-state index in [1.807, 2.05) is 6.92 Å². The molecule has 2 nitrogen and oxygen atoms in total. The van der Waals surface area contributed by atoms with Crippen molar-refractivity contribution in [3.8, 4) is 5.75 Å². The van der Waals surface area contributed by atoms with E-state index >= 15 is 0 Å². The van der Waals surface area contributed by atoms with Gasteiger partial charge in [0.2, 0.25) is 0 Å². The zero-order valence-electron chi connectivity index (χ0n) is 9.50. The van der Waals surface area contributed by atoms with E-state index in [0.29, 0.717) is 11.3 Å². The molecular formula is C11H13F3O2S. The maximum atomic E-state index is 12.0. The molecule has 0 saturated heterocycles. The Kier molecular flexibility index (Phi) is 4.56. The molecule has 0 aliphatic rings. The van der Waals surface area contributed by atoms with Crippen molar-refractivity contribution in [3.63, 3.8) is 0 Å². The Balaban J connectivity index is 2.91. The summed E-state index contributed by atoms with van der Waals surface area (Å²) in [5.74, 6) is 0.104. The van der Waals surface area contributed by atoms with Gasteiger partial charge in [-0.05, 0) is 30.2 Å². The molecule has 6 heteroatoms. The summed E-state index contributed by atoms with van der Waals surface area (Å²) in [4.78, 5) is 0.474. The van der Waals surface area contributed by atoms with Crippen LogP contribution in [0.4, 0.5) is 13.2 Å². The number of benzene rings is 1. The third-order valence-electron chi connectivity index (χ3n) is 2.08. The van der Waals surface area contributed by atoms with E-state index in [2.05, 4.69) is 4.74 Å². The monoisotopic (exact) mass is 266 g/mol. The summed E-state index contributed by atoms with van der Waals surface area (Å²) in [5, 5.41) is 0. The average Bonchev–Trinajstić information content (AvgIpc) is 2.25. The lowest BCUT2D eigenvalue weighted by molar-refractivity contribution is -0.153. The fourth-order valence-corrected chi connectivity index (χ4v) is 1.85. The molecule has 0 radical (unpaired) electrons. The molecule has 0 aliphatic heterocycles. The maximum Gasteiger partial charge on any atom is 0.422 e. The standard InChI is InChI=1S/C11H13F3O2S/c1-3-8-4-9(16-7-11(12,13)14)6-10(5-8)17(2)15/h4-6H,3,7H2,1-2H3. The van der Waals surface area contributed by atoms with Gasteiger partial charge in [0.25, 0.3) is 0 Å². The van der Waals surface area contributed by atoms with Gasteiger partial charge in [-0.25, -0.2) is 0 Å². The number of alkyl halides is 3. The minimum atomic E-state index is -4.37.